The third kappa shape index (κ3) is 3.33. The van der Waals surface area contributed by atoms with E-state index < -0.39 is 29.0 Å². The van der Waals surface area contributed by atoms with Crippen LogP contribution in [0, 0.1) is 17.5 Å². The SMILES string of the molecule is O=C(Nc1c(F)cc(F)cc1F)c1ccc(-n2cc(Br)cn2)cc1. The maximum Gasteiger partial charge on any atom is 0.255 e. The molecule has 1 N–H and O–H groups in total. The van der Waals surface area contributed by atoms with Gasteiger partial charge in [0.2, 0.25) is 0 Å². The summed E-state index contributed by atoms with van der Waals surface area (Å²) in [6, 6.07) is 7.23. The largest absolute Gasteiger partial charge is 0.317 e. The van der Waals surface area contributed by atoms with Gasteiger partial charge in [0.05, 0.1) is 16.4 Å². The van der Waals surface area contributed by atoms with Crippen LogP contribution in [0.5, 0.6) is 0 Å². The van der Waals surface area contributed by atoms with Gasteiger partial charge in [-0.3, -0.25) is 4.79 Å². The van der Waals surface area contributed by atoms with Gasteiger partial charge in [-0.15, -0.1) is 0 Å². The summed E-state index contributed by atoms with van der Waals surface area (Å²) < 4.78 is 42.4. The summed E-state index contributed by atoms with van der Waals surface area (Å²) in [4.78, 5) is 12.1. The zero-order valence-corrected chi connectivity index (χ0v) is 13.5. The number of hydrogen-bond donors (Lipinski definition) is 1. The number of anilines is 1. The average Bonchev–Trinajstić information content (AvgIpc) is 2.97. The first kappa shape index (κ1) is 16.3. The van der Waals surface area contributed by atoms with Crippen LogP contribution in [0.25, 0.3) is 5.69 Å². The Morgan fingerprint density at radius 2 is 1.71 bits per heavy atom. The smallest absolute Gasteiger partial charge is 0.255 e. The van der Waals surface area contributed by atoms with Gasteiger partial charge in [0.1, 0.15) is 11.5 Å². The summed E-state index contributed by atoms with van der Waals surface area (Å²) >= 11 is 3.28. The molecular formula is C16H9BrF3N3O. The lowest BCUT2D eigenvalue weighted by Gasteiger charge is -2.08. The normalized spacial score (nSPS) is 10.7. The molecule has 0 aliphatic heterocycles. The molecule has 3 rings (SSSR count). The minimum Gasteiger partial charge on any atom is -0.317 e. The zero-order chi connectivity index (χ0) is 17.3. The minimum absolute atomic E-state index is 0.188. The van der Waals surface area contributed by atoms with Gasteiger partial charge in [0, 0.05) is 23.9 Å². The molecule has 0 saturated carbocycles. The molecule has 0 saturated heterocycles. The summed E-state index contributed by atoms with van der Waals surface area (Å²) in [7, 11) is 0. The van der Waals surface area contributed by atoms with Crippen molar-refractivity contribution < 1.29 is 18.0 Å². The number of halogens is 4. The molecule has 1 heterocycles. The van der Waals surface area contributed by atoms with Gasteiger partial charge in [-0.05, 0) is 40.2 Å². The van der Waals surface area contributed by atoms with Crippen LogP contribution in [0.3, 0.4) is 0 Å². The molecule has 122 valence electrons. The molecular weight excluding hydrogens is 387 g/mol. The molecule has 0 atom stereocenters. The van der Waals surface area contributed by atoms with E-state index in [1.807, 2.05) is 0 Å². The molecule has 0 aliphatic carbocycles. The number of carbonyl (C=O) groups is 1. The van der Waals surface area contributed by atoms with Crippen LogP contribution in [0.2, 0.25) is 0 Å². The van der Waals surface area contributed by atoms with Crippen molar-refractivity contribution in [2.45, 2.75) is 0 Å². The molecule has 0 unspecified atom stereocenters. The Balaban J connectivity index is 1.81. The van der Waals surface area contributed by atoms with Crippen molar-refractivity contribution in [1.29, 1.82) is 0 Å². The highest BCUT2D eigenvalue weighted by molar-refractivity contribution is 9.10. The number of hydrogen-bond acceptors (Lipinski definition) is 2. The molecule has 4 nitrogen and oxygen atoms in total. The van der Waals surface area contributed by atoms with Gasteiger partial charge >= 0.3 is 0 Å². The molecule has 0 fully saturated rings. The van der Waals surface area contributed by atoms with Crippen molar-refractivity contribution in [2.24, 2.45) is 0 Å². The van der Waals surface area contributed by atoms with Gasteiger partial charge in [-0.25, -0.2) is 17.9 Å². The fourth-order valence-corrected chi connectivity index (χ4v) is 2.34. The van der Waals surface area contributed by atoms with E-state index in [-0.39, 0.29) is 5.56 Å². The number of benzene rings is 2. The van der Waals surface area contributed by atoms with Crippen LogP contribution in [0.4, 0.5) is 18.9 Å². The summed E-state index contributed by atoms with van der Waals surface area (Å²) in [5.41, 5.74) is 0.200. The van der Waals surface area contributed by atoms with E-state index in [4.69, 9.17) is 0 Å². The number of nitrogens with one attached hydrogen (secondary N) is 1. The number of rotatable bonds is 3. The van der Waals surface area contributed by atoms with Crippen molar-refractivity contribution in [3.05, 3.63) is 76.3 Å². The first-order valence-corrected chi connectivity index (χ1v) is 7.50. The Morgan fingerprint density at radius 3 is 2.25 bits per heavy atom. The maximum atomic E-state index is 13.6. The Labute approximate surface area is 143 Å². The lowest BCUT2D eigenvalue weighted by atomic mass is 10.2. The van der Waals surface area contributed by atoms with E-state index in [0.717, 1.165) is 4.47 Å². The fourth-order valence-electron chi connectivity index (χ4n) is 2.05. The first-order chi connectivity index (χ1) is 11.4. The van der Waals surface area contributed by atoms with Crippen LogP contribution in [0.15, 0.2) is 53.3 Å². The monoisotopic (exact) mass is 395 g/mol. The van der Waals surface area contributed by atoms with Crippen LogP contribution in [0.1, 0.15) is 10.4 Å². The quantitative estimate of drug-likeness (QED) is 0.718. The molecule has 3 aromatic rings. The lowest BCUT2D eigenvalue weighted by Crippen LogP contribution is -2.14. The molecule has 24 heavy (non-hydrogen) atoms. The highest BCUT2D eigenvalue weighted by Crippen LogP contribution is 2.21. The van der Waals surface area contributed by atoms with Crippen molar-refractivity contribution in [2.75, 3.05) is 5.32 Å². The zero-order valence-electron chi connectivity index (χ0n) is 11.9. The second-order valence-corrected chi connectivity index (χ2v) is 5.76. The summed E-state index contributed by atoms with van der Waals surface area (Å²) in [5, 5.41) is 6.19. The second kappa shape index (κ2) is 6.48. The molecule has 0 spiro atoms. The number of carbonyl (C=O) groups excluding carboxylic acids is 1. The molecule has 0 bridgehead atoms. The topological polar surface area (TPSA) is 46.9 Å². The third-order valence-electron chi connectivity index (χ3n) is 3.19. The van der Waals surface area contributed by atoms with Crippen LogP contribution >= 0.6 is 15.9 Å². The van der Waals surface area contributed by atoms with Gasteiger partial charge in [0.15, 0.2) is 11.6 Å². The molecule has 1 amide bonds. The molecule has 8 heteroatoms. The van der Waals surface area contributed by atoms with Gasteiger partial charge in [-0.1, -0.05) is 0 Å². The molecule has 0 radical (unpaired) electrons. The number of nitrogens with zero attached hydrogens (tertiary/aromatic N) is 2. The third-order valence-corrected chi connectivity index (χ3v) is 3.60. The van der Waals surface area contributed by atoms with E-state index in [2.05, 4.69) is 26.3 Å². The molecule has 2 aromatic carbocycles. The van der Waals surface area contributed by atoms with E-state index in [0.29, 0.717) is 17.8 Å². The number of amides is 1. The maximum absolute atomic E-state index is 13.6. The van der Waals surface area contributed by atoms with E-state index >= 15 is 0 Å². The minimum atomic E-state index is -1.18. The van der Waals surface area contributed by atoms with E-state index in [1.54, 1.807) is 29.2 Å². The average molecular weight is 396 g/mol. The van der Waals surface area contributed by atoms with Crippen LogP contribution in [-0.4, -0.2) is 15.7 Å². The highest BCUT2D eigenvalue weighted by atomic mass is 79.9. The first-order valence-electron chi connectivity index (χ1n) is 6.70. The van der Waals surface area contributed by atoms with Gasteiger partial charge < -0.3 is 5.32 Å². The number of aromatic nitrogens is 2. The van der Waals surface area contributed by atoms with Crippen molar-refractivity contribution in [3.8, 4) is 5.69 Å². The Kier molecular flexibility index (Phi) is 4.39. The summed E-state index contributed by atoms with van der Waals surface area (Å²) in [6.45, 7) is 0. The van der Waals surface area contributed by atoms with Crippen molar-refractivity contribution in [1.82, 2.24) is 9.78 Å². The van der Waals surface area contributed by atoms with Gasteiger partial charge in [-0.2, -0.15) is 5.10 Å². The van der Waals surface area contributed by atoms with Crippen LogP contribution in [-0.2, 0) is 0 Å². The van der Waals surface area contributed by atoms with Crippen molar-refractivity contribution >= 4 is 27.5 Å². The predicted molar refractivity (Wildman–Crippen MR) is 85.5 cm³/mol. The standard InChI is InChI=1S/C16H9BrF3N3O/c17-10-7-21-23(8-10)12-3-1-9(2-4-12)16(24)22-15-13(19)5-11(18)6-14(15)20/h1-8H,(H,22,24). The Bertz CT molecular complexity index is 886. The van der Waals surface area contributed by atoms with Gasteiger partial charge in [0.25, 0.3) is 5.91 Å². The highest BCUT2D eigenvalue weighted by Gasteiger charge is 2.15. The summed E-state index contributed by atoms with van der Waals surface area (Å²) in [5.74, 6) is -4.14. The predicted octanol–water partition coefficient (Wildman–Crippen LogP) is 4.30. The Hall–Kier alpha value is -2.61. The molecule has 1 aromatic heterocycles. The van der Waals surface area contributed by atoms with E-state index in [1.165, 1.54) is 12.1 Å². The second-order valence-electron chi connectivity index (χ2n) is 4.85. The fraction of sp³-hybridized carbons (Fsp3) is 0. The van der Waals surface area contributed by atoms with Crippen molar-refractivity contribution in [3.63, 3.8) is 0 Å². The van der Waals surface area contributed by atoms with E-state index in [9.17, 15) is 18.0 Å². The lowest BCUT2D eigenvalue weighted by molar-refractivity contribution is 0.102. The van der Waals surface area contributed by atoms with Crippen LogP contribution < -0.4 is 5.32 Å². The molecule has 0 aliphatic rings. The Morgan fingerprint density at radius 1 is 1.08 bits per heavy atom. The summed E-state index contributed by atoms with van der Waals surface area (Å²) in [6.07, 6.45) is 3.35.